The summed E-state index contributed by atoms with van der Waals surface area (Å²) in [5.41, 5.74) is 6.38. The molecule has 0 spiro atoms. The van der Waals surface area contributed by atoms with Gasteiger partial charge in [0.15, 0.2) is 0 Å². The molecular formula is C10H20N2S2. The number of nitrogens with two attached hydrogens (primary N) is 1. The van der Waals surface area contributed by atoms with Crippen LogP contribution in [0.4, 0.5) is 0 Å². The molecule has 14 heavy (non-hydrogen) atoms. The molecule has 0 radical (unpaired) electrons. The quantitative estimate of drug-likeness (QED) is 0.737. The van der Waals surface area contributed by atoms with Crippen LogP contribution in [0.5, 0.6) is 0 Å². The second-order valence-corrected chi connectivity index (χ2v) is 6.97. The Bertz CT molecular complexity index is 173. The van der Waals surface area contributed by atoms with Gasteiger partial charge in [-0.15, -0.1) is 0 Å². The fraction of sp³-hybridized carbons (Fsp3) is 1.00. The molecule has 82 valence electrons. The number of hydrogen-bond acceptors (Lipinski definition) is 4. The fourth-order valence-electron chi connectivity index (χ4n) is 2.68. The molecule has 2 N–H and O–H groups in total. The molecule has 2 fully saturated rings. The van der Waals surface area contributed by atoms with Gasteiger partial charge in [-0.25, -0.2) is 0 Å². The first kappa shape index (κ1) is 11.1. The third kappa shape index (κ3) is 2.23. The van der Waals surface area contributed by atoms with Crippen molar-refractivity contribution in [1.82, 2.24) is 4.90 Å². The zero-order valence-corrected chi connectivity index (χ0v) is 10.3. The Kier molecular flexibility index (Phi) is 4.05. The normalized spacial score (nSPS) is 28.9. The van der Waals surface area contributed by atoms with Crippen LogP contribution in [0, 0.1) is 0 Å². The highest BCUT2D eigenvalue weighted by molar-refractivity contribution is 8.76. The SMILES string of the molecule is NCC1(N2CCSSCC2)CCCC1. The summed E-state index contributed by atoms with van der Waals surface area (Å²) in [4.78, 5) is 2.67. The summed E-state index contributed by atoms with van der Waals surface area (Å²) in [7, 11) is 4.04. The van der Waals surface area contributed by atoms with E-state index < -0.39 is 0 Å². The highest BCUT2D eigenvalue weighted by Gasteiger charge is 2.38. The van der Waals surface area contributed by atoms with Crippen molar-refractivity contribution in [2.45, 2.75) is 31.2 Å². The standard InChI is InChI=1S/C10H20N2S2/c11-9-10(3-1-2-4-10)12-5-7-13-14-8-6-12/h1-9,11H2. The Morgan fingerprint density at radius 1 is 1.07 bits per heavy atom. The van der Waals surface area contributed by atoms with E-state index in [9.17, 15) is 0 Å². The minimum Gasteiger partial charge on any atom is -0.329 e. The van der Waals surface area contributed by atoms with E-state index in [-0.39, 0.29) is 0 Å². The predicted octanol–water partition coefficient (Wildman–Crippen LogP) is 1.95. The molecule has 0 bridgehead atoms. The van der Waals surface area contributed by atoms with Crippen molar-refractivity contribution in [2.75, 3.05) is 31.1 Å². The molecule has 1 saturated heterocycles. The van der Waals surface area contributed by atoms with Crippen LogP contribution >= 0.6 is 21.6 Å². The van der Waals surface area contributed by atoms with Gasteiger partial charge in [0.25, 0.3) is 0 Å². The van der Waals surface area contributed by atoms with Gasteiger partial charge >= 0.3 is 0 Å². The van der Waals surface area contributed by atoms with Crippen molar-refractivity contribution in [2.24, 2.45) is 5.73 Å². The first-order chi connectivity index (χ1) is 6.87. The Morgan fingerprint density at radius 3 is 2.14 bits per heavy atom. The lowest BCUT2D eigenvalue weighted by atomic mass is 9.95. The molecule has 0 aromatic carbocycles. The number of nitrogens with zero attached hydrogens (tertiary/aromatic N) is 1. The summed E-state index contributed by atoms with van der Waals surface area (Å²) in [5.74, 6) is 2.54. The molecule has 0 atom stereocenters. The summed E-state index contributed by atoms with van der Waals surface area (Å²) in [5, 5.41) is 0. The van der Waals surface area contributed by atoms with Gasteiger partial charge in [0, 0.05) is 36.7 Å². The lowest BCUT2D eigenvalue weighted by Crippen LogP contribution is -2.53. The van der Waals surface area contributed by atoms with E-state index in [0.29, 0.717) is 5.54 Å². The lowest BCUT2D eigenvalue weighted by Gasteiger charge is -2.39. The van der Waals surface area contributed by atoms with Gasteiger partial charge < -0.3 is 5.73 Å². The van der Waals surface area contributed by atoms with Gasteiger partial charge in [-0.2, -0.15) is 0 Å². The van der Waals surface area contributed by atoms with E-state index in [4.69, 9.17) is 5.73 Å². The minimum atomic E-state index is 0.380. The highest BCUT2D eigenvalue weighted by Crippen LogP contribution is 2.36. The van der Waals surface area contributed by atoms with Gasteiger partial charge in [0.2, 0.25) is 0 Å². The maximum Gasteiger partial charge on any atom is 0.0332 e. The summed E-state index contributed by atoms with van der Waals surface area (Å²) < 4.78 is 0. The van der Waals surface area contributed by atoms with Gasteiger partial charge in [-0.05, 0) is 12.8 Å². The fourth-order valence-corrected chi connectivity index (χ4v) is 4.66. The molecule has 4 heteroatoms. The average molecular weight is 232 g/mol. The van der Waals surface area contributed by atoms with Crippen LogP contribution < -0.4 is 5.73 Å². The van der Waals surface area contributed by atoms with E-state index >= 15 is 0 Å². The summed E-state index contributed by atoms with van der Waals surface area (Å²) in [6.45, 7) is 3.35. The predicted molar refractivity (Wildman–Crippen MR) is 66.7 cm³/mol. The van der Waals surface area contributed by atoms with Crippen molar-refractivity contribution < 1.29 is 0 Å². The maximum atomic E-state index is 6.00. The molecule has 1 heterocycles. The Morgan fingerprint density at radius 2 is 1.64 bits per heavy atom. The van der Waals surface area contributed by atoms with Crippen molar-refractivity contribution >= 4 is 21.6 Å². The molecule has 0 aromatic heterocycles. The van der Waals surface area contributed by atoms with Gasteiger partial charge in [0.1, 0.15) is 0 Å². The summed E-state index contributed by atoms with van der Waals surface area (Å²) in [6, 6.07) is 0. The highest BCUT2D eigenvalue weighted by atomic mass is 33.1. The van der Waals surface area contributed by atoms with Crippen molar-refractivity contribution in [3.8, 4) is 0 Å². The third-order valence-electron chi connectivity index (χ3n) is 3.56. The van der Waals surface area contributed by atoms with E-state index in [1.165, 1.54) is 50.3 Å². The van der Waals surface area contributed by atoms with Crippen LogP contribution in [-0.4, -0.2) is 41.6 Å². The van der Waals surface area contributed by atoms with Gasteiger partial charge in [-0.3, -0.25) is 4.90 Å². The molecule has 2 aliphatic rings. The Balaban J connectivity index is 2.01. The second-order valence-electron chi connectivity index (χ2n) is 4.27. The van der Waals surface area contributed by atoms with Gasteiger partial charge in [-0.1, -0.05) is 34.4 Å². The Labute approximate surface area is 94.8 Å². The Hall–Kier alpha value is 0.620. The average Bonchev–Trinajstić information content (AvgIpc) is 2.54. The van der Waals surface area contributed by atoms with Crippen molar-refractivity contribution in [1.29, 1.82) is 0 Å². The maximum absolute atomic E-state index is 6.00. The molecule has 2 rings (SSSR count). The first-order valence-electron chi connectivity index (χ1n) is 5.57. The van der Waals surface area contributed by atoms with E-state index in [1.807, 2.05) is 21.6 Å². The summed E-state index contributed by atoms with van der Waals surface area (Å²) >= 11 is 0. The smallest absolute Gasteiger partial charge is 0.0332 e. The van der Waals surface area contributed by atoms with Crippen LogP contribution in [0.25, 0.3) is 0 Å². The molecule has 0 aromatic rings. The number of rotatable bonds is 2. The third-order valence-corrected chi connectivity index (χ3v) is 5.92. The van der Waals surface area contributed by atoms with E-state index in [1.54, 1.807) is 0 Å². The summed E-state index contributed by atoms with van der Waals surface area (Å²) in [6.07, 6.45) is 5.43. The monoisotopic (exact) mass is 232 g/mol. The van der Waals surface area contributed by atoms with Crippen LogP contribution in [-0.2, 0) is 0 Å². The molecule has 0 unspecified atom stereocenters. The van der Waals surface area contributed by atoms with Crippen LogP contribution in [0.2, 0.25) is 0 Å². The van der Waals surface area contributed by atoms with E-state index in [2.05, 4.69) is 4.90 Å². The van der Waals surface area contributed by atoms with Crippen molar-refractivity contribution in [3.63, 3.8) is 0 Å². The van der Waals surface area contributed by atoms with Crippen LogP contribution in [0.1, 0.15) is 25.7 Å². The molecular weight excluding hydrogens is 212 g/mol. The first-order valence-corrected chi connectivity index (χ1v) is 8.06. The van der Waals surface area contributed by atoms with E-state index in [0.717, 1.165) is 6.54 Å². The zero-order valence-electron chi connectivity index (χ0n) is 8.71. The minimum absolute atomic E-state index is 0.380. The molecule has 1 aliphatic carbocycles. The second kappa shape index (κ2) is 5.10. The molecule has 0 amide bonds. The molecule has 1 aliphatic heterocycles. The number of hydrogen-bond donors (Lipinski definition) is 1. The van der Waals surface area contributed by atoms with Gasteiger partial charge in [0.05, 0.1) is 0 Å². The van der Waals surface area contributed by atoms with Crippen molar-refractivity contribution in [3.05, 3.63) is 0 Å². The van der Waals surface area contributed by atoms with Crippen LogP contribution in [0.3, 0.4) is 0 Å². The zero-order chi connectivity index (χ0) is 9.86. The molecule has 1 saturated carbocycles. The lowest BCUT2D eigenvalue weighted by molar-refractivity contribution is 0.116. The largest absolute Gasteiger partial charge is 0.329 e. The van der Waals surface area contributed by atoms with Crippen LogP contribution in [0.15, 0.2) is 0 Å². The topological polar surface area (TPSA) is 29.3 Å². The molecule has 2 nitrogen and oxygen atoms in total.